The molecule has 1 unspecified atom stereocenters. The van der Waals surface area contributed by atoms with Crippen LogP contribution in [0.1, 0.15) is 36.8 Å². The van der Waals surface area contributed by atoms with Crippen LogP contribution in [-0.4, -0.2) is 11.7 Å². The van der Waals surface area contributed by atoms with E-state index in [0.717, 1.165) is 40.9 Å². The maximum Gasteiger partial charge on any atom is 0.232 e. The second-order valence-corrected chi connectivity index (χ2v) is 7.74. The fourth-order valence-corrected chi connectivity index (χ4v) is 4.28. The zero-order valence-electron chi connectivity index (χ0n) is 15.8. The first-order chi connectivity index (χ1) is 13.6. The maximum absolute atomic E-state index is 13.1. The molecule has 1 aliphatic carbocycles. The first-order valence-corrected chi connectivity index (χ1v) is 10.0. The number of nitrogens with zero attached hydrogens (tertiary/aromatic N) is 1. The van der Waals surface area contributed by atoms with Crippen LogP contribution in [0.25, 0.3) is 6.08 Å². The van der Waals surface area contributed by atoms with Gasteiger partial charge in [-0.05, 0) is 43.0 Å². The summed E-state index contributed by atoms with van der Waals surface area (Å²) in [6, 6.07) is 15.5. The van der Waals surface area contributed by atoms with Gasteiger partial charge in [0.05, 0.1) is 5.69 Å². The minimum atomic E-state index is -0.175. The van der Waals surface area contributed by atoms with Crippen molar-refractivity contribution in [3.8, 4) is 0 Å². The van der Waals surface area contributed by atoms with Gasteiger partial charge in [0, 0.05) is 35.1 Å². The fourth-order valence-electron chi connectivity index (χ4n) is 4.11. The van der Waals surface area contributed by atoms with E-state index in [1.807, 2.05) is 67.6 Å². The number of halogens is 1. The number of hydrogen-bond acceptors (Lipinski definition) is 2. The summed E-state index contributed by atoms with van der Waals surface area (Å²) in [6.45, 7) is 1.91. The van der Waals surface area contributed by atoms with Gasteiger partial charge in [-0.2, -0.15) is 0 Å². The summed E-state index contributed by atoms with van der Waals surface area (Å²) in [5.74, 6) is -0.00563. The SMILES string of the molecule is Cc1c(Cl)cccc1N1C(=O)CC(/C=C/c2ccccc2)C2=C1CCCC2=O. The molecule has 1 amide bonds. The Morgan fingerprint density at radius 3 is 2.61 bits per heavy atom. The van der Waals surface area contributed by atoms with Crippen molar-refractivity contribution in [3.63, 3.8) is 0 Å². The molecule has 0 radical (unpaired) electrons. The van der Waals surface area contributed by atoms with Gasteiger partial charge in [-0.3, -0.25) is 14.5 Å². The zero-order valence-corrected chi connectivity index (χ0v) is 16.6. The topological polar surface area (TPSA) is 37.4 Å². The second-order valence-electron chi connectivity index (χ2n) is 7.33. The predicted octanol–water partition coefficient (Wildman–Crippen LogP) is 5.72. The number of benzene rings is 2. The summed E-state index contributed by atoms with van der Waals surface area (Å²) in [5, 5.41) is 0.626. The fraction of sp³-hybridized carbons (Fsp3) is 0.250. The summed E-state index contributed by atoms with van der Waals surface area (Å²) >= 11 is 6.30. The normalized spacial score (nSPS) is 20.1. The highest BCUT2D eigenvalue weighted by molar-refractivity contribution is 6.31. The molecule has 3 nitrogen and oxygen atoms in total. The van der Waals surface area contributed by atoms with Gasteiger partial charge < -0.3 is 0 Å². The van der Waals surface area contributed by atoms with Gasteiger partial charge in [-0.1, -0.05) is 60.2 Å². The number of carbonyl (C=O) groups is 2. The summed E-state index contributed by atoms with van der Waals surface area (Å²) < 4.78 is 0. The lowest BCUT2D eigenvalue weighted by Gasteiger charge is -2.38. The predicted molar refractivity (Wildman–Crippen MR) is 113 cm³/mol. The van der Waals surface area contributed by atoms with Crippen LogP contribution < -0.4 is 4.90 Å². The van der Waals surface area contributed by atoms with Crippen LogP contribution in [-0.2, 0) is 9.59 Å². The zero-order chi connectivity index (χ0) is 19.7. The van der Waals surface area contributed by atoms with Gasteiger partial charge in [0.1, 0.15) is 0 Å². The van der Waals surface area contributed by atoms with Gasteiger partial charge in [0.2, 0.25) is 5.91 Å². The molecule has 1 heterocycles. The maximum atomic E-state index is 13.1. The van der Waals surface area contributed by atoms with Crippen LogP contribution in [0.15, 0.2) is 65.9 Å². The largest absolute Gasteiger partial charge is 0.294 e. The van der Waals surface area contributed by atoms with E-state index in [-0.39, 0.29) is 17.6 Å². The number of hydrogen-bond donors (Lipinski definition) is 0. The van der Waals surface area contributed by atoms with Crippen LogP contribution >= 0.6 is 11.6 Å². The lowest BCUT2D eigenvalue weighted by atomic mass is 9.80. The van der Waals surface area contributed by atoms with Gasteiger partial charge in [0.25, 0.3) is 0 Å². The van der Waals surface area contributed by atoms with E-state index in [0.29, 0.717) is 17.9 Å². The Hall–Kier alpha value is -2.65. The molecular weight excluding hydrogens is 370 g/mol. The Labute approximate surface area is 170 Å². The van der Waals surface area contributed by atoms with Crippen LogP contribution in [0.3, 0.4) is 0 Å². The number of amides is 1. The monoisotopic (exact) mass is 391 g/mol. The lowest BCUT2D eigenvalue weighted by Crippen LogP contribution is -2.41. The summed E-state index contributed by atoms with van der Waals surface area (Å²) in [6.07, 6.45) is 6.36. The number of ketones is 1. The van der Waals surface area contributed by atoms with Crippen LogP contribution in [0.2, 0.25) is 5.02 Å². The van der Waals surface area contributed by atoms with Crippen molar-refractivity contribution in [2.24, 2.45) is 5.92 Å². The smallest absolute Gasteiger partial charge is 0.232 e. The summed E-state index contributed by atoms with van der Waals surface area (Å²) in [4.78, 5) is 27.7. The Kier molecular flexibility index (Phi) is 5.19. The third-order valence-electron chi connectivity index (χ3n) is 5.51. The van der Waals surface area contributed by atoms with E-state index in [2.05, 4.69) is 0 Å². The van der Waals surface area contributed by atoms with Gasteiger partial charge in [-0.15, -0.1) is 0 Å². The molecule has 0 spiro atoms. The Balaban J connectivity index is 1.78. The molecule has 1 atom stereocenters. The molecular formula is C24H22ClNO2. The third-order valence-corrected chi connectivity index (χ3v) is 5.92. The van der Waals surface area contributed by atoms with E-state index >= 15 is 0 Å². The van der Waals surface area contributed by atoms with Crippen molar-refractivity contribution >= 4 is 35.1 Å². The minimum Gasteiger partial charge on any atom is -0.294 e. The number of carbonyl (C=O) groups excluding carboxylic acids is 2. The number of anilines is 1. The van der Waals surface area contributed by atoms with E-state index < -0.39 is 0 Å². The van der Waals surface area contributed by atoms with E-state index in [1.54, 1.807) is 4.90 Å². The molecule has 28 heavy (non-hydrogen) atoms. The van der Waals surface area contributed by atoms with Crippen molar-refractivity contribution in [2.75, 3.05) is 4.90 Å². The highest BCUT2D eigenvalue weighted by atomic mass is 35.5. The molecule has 0 bridgehead atoms. The summed E-state index contributed by atoms with van der Waals surface area (Å²) in [7, 11) is 0. The van der Waals surface area contributed by atoms with Crippen molar-refractivity contribution in [3.05, 3.63) is 82.0 Å². The Morgan fingerprint density at radius 1 is 1.04 bits per heavy atom. The highest BCUT2D eigenvalue weighted by Crippen LogP contribution is 2.41. The molecule has 2 aromatic carbocycles. The third kappa shape index (κ3) is 3.43. The molecule has 2 aliphatic rings. The van der Waals surface area contributed by atoms with Crippen LogP contribution in [0, 0.1) is 12.8 Å². The van der Waals surface area contributed by atoms with E-state index in [1.165, 1.54) is 0 Å². The van der Waals surface area contributed by atoms with Crippen molar-refractivity contribution in [1.82, 2.24) is 0 Å². The molecule has 2 aromatic rings. The van der Waals surface area contributed by atoms with Crippen LogP contribution in [0.4, 0.5) is 5.69 Å². The Bertz CT molecular complexity index is 991. The van der Waals surface area contributed by atoms with Gasteiger partial charge >= 0.3 is 0 Å². The van der Waals surface area contributed by atoms with Crippen molar-refractivity contribution in [1.29, 1.82) is 0 Å². The first-order valence-electron chi connectivity index (χ1n) is 9.64. The summed E-state index contributed by atoms with van der Waals surface area (Å²) in [5.41, 5.74) is 4.34. The van der Waals surface area contributed by atoms with Gasteiger partial charge in [-0.25, -0.2) is 0 Å². The number of allylic oxidation sites excluding steroid dienone is 3. The average Bonchev–Trinajstić information content (AvgIpc) is 2.70. The molecule has 0 saturated heterocycles. The average molecular weight is 392 g/mol. The molecule has 0 aromatic heterocycles. The van der Waals surface area contributed by atoms with Crippen molar-refractivity contribution in [2.45, 2.75) is 32.6 Å². The molecule has 4 heteroatoms. The highest BCUT2D eigenvalue weighted by Gasteiger charge is 2.38. The minimum absolute atomic E-state index is 0.0153. The molecule has 0 fully saturated rings. The molecule has 0 N–H and O–H groups in total. The number of rotatable bonds is 3. The quantitative estimate of drug-likeness (QED) is 0.670. The first kappa shape index (κ1) is 18.7. The Morgan fingerprint density at radius 2 is 1.82 bits per heavy atom. The molecule has 1 aliphatic heterocycles. The number of Topliss-reactive ketones (excluding diaryl/α,β-unsaturated/α-hetero) is 1. The molecule has 4 rings (SSSR count). The van der Waals surface area contributed by atoms with Gasteiger partial charge in [0.15, 0.2) is 5.78 Å². The van der Waals surface area contributed by atoms with Crippen molar-refractivity contribution < 1.29 is 9.59 Å². The standard InChI is InChI=1S/C24H22ClNO2/c1-16-19(25)9-5-10-20(16)26-21-11-6-12-22(27)24(21)18(15-23(26)28)14-13-17-7-3-2-4-8-17/h2-5,7-10,13-14,18H,6,11-12,15H2,1H3/b14-13+. The van der Waals surface area contributed by atoms with Crippen LogP contribution in [0.5, 0.6) is 0 Å². The lowest BCUT2D eigenvalue weighted by molar-refractivity contribution is -0.120. The van der Waals surface area contributed by atoms with E-state index in [9.17, 15) is 9.59 Å². The molecule has 0 saturated carbocycles. The molecule has 142 valence electrons. The second kappa shape index (κ2) is 7.76. The van der Waals surface area contributed by atoms with E-state index in [4.69, 9.17) is 11.6 Å².